The topological polar surface area (TPSA) is 29.5 Å². The van der Waals surface area contributed by atoms with Crippen molar-refractivity contribution in [1.29, 1.82) is 0 Å². The molecule has 1 N–H and O–H groups in total. The van der Waals surface area contributed by atoms with E-state index in [1.54, 1.807) is 35.9 Å². The van der Waals surface area contributed by atoms with Crippen LogP contribution < -0.4 is 34.3 Å². The maximum Gasteiger partial charge on any atom is 1.00 e. The van der Waals surface area contributed by atoms with Gasteiger partial charge in [0.1, 0.15) is 0 Å². The first kappa shape index (κ1) is 22.0. The molecule has 20 heavy (non-hydrogen) atoms. The number of rotatable bonds is 4. The van der Waals surface area contributed by atoms with Crippen molar-refractivity contribution < 1.29 is 40.8 Å². The van der Waals surface area contributed by atoms with Crippen molar-refractivity contribution in [3.8, 4) is 5.06 Å². The van der Waals surface area contributed by atoms with E-state index in [9.17, 15) is 0 Å². The average molecular weight is 315 g/mol. The van der Waals surface area contributed by atoms with Gasteiger partial charge in [0.15, 0.2) is 5.06 Å². The summed E-state index contributed by atoms with van der Waals surface area (Å²) in [7, 11) is 1.67. The summed E-state index contributed by atoms with van der Waals surface area (Å²) in [5, 5.41) is 9.56. The minimum Gasteiger partial charge on any atom is -1.00 e. The van der Waals surface area contributed by atoms with E-state index in [1.165, 1.54) is 0 Å². The second kappa shape index (κ2) is 12.4. The number of aliphatic hydroxyl groups is 1. The summed E-state index contributed by atoms with van der Waals surface area (Å²) in [5.74, 6) is 0. The Labute approximate surface area is 154 Å². The van der Waals surface area contributed by atoms with Crippen LogP contribution in [0.5, 0.6) is 5.06 Å². The molecule has 0 bridgehead atoms. The molecule has 0 spiro atoms. The predicted octanol–water partition coefficient (Wildman–Crippen LogP) is 1.02. The quantitative estimate of drug-likeness (QED) is 0.854. The Balaban J connectivity index is -0.000000270. The zero-order valence-corrected chi connectivity index (χ0v) is 15.5. The molecule has 2 rings (SSSR count). The third kappa shape index (κ3) is 7.48. The van der Waals surface area contributed by atoms with Crippen molar-refractivity contribution in [2.75, 3.05) is 7.11 Å². The van der Waals surface area contributed by atoms with Crippen LogP contribution in [0.2, 0.25) is 0 Å². The Bertz CT molecular complexity index is 468. The van der Waals surface area contributed by atoms with Crippen molar-refractivity contribution >= 4 is 43.2 Å². The van der Waals surface area contributed by atoms with Gasteiger partial charge in [-0.3, -0.25) is 0 Å². The molecule has 2 nitrogen and oxygen atoms in total. The number of thiophene rings is 2. The second-order valence-electron chi connectivity index (χ2n) is 3.23. The minimum atomic E-state index is 0. The van der Waals surface area contributed by atoms with E-state index in [0.29, 0.717) is 0 Å². The fourth-order valence-corrected chi connectivity index (χ4v) is 2.54. The molecule has 0 saturated heterocycles. The smallest absolute Gasteiger partial charge is 1.00 e. The van der Waals surface area contributed by atoms with Crippen LogP contribution in [0.4, 0.5) is 0 Å². The number of aliphatic hydroxyl groups excluding tert-OH is 1. The van der Waals surface area contributed by atoms with Gasteiger partial charge in [0.25, 0.3) is 0 Å². The summed E-state index contributed by atoms with van der Waals surface area (Å²) in [6.07, 6.45) is 3.59. The number of methoxy groups -OCH3 is 1. The van der Waals surface area contributed by atoms with Crippen molar-refractivity contribution in [1.82, 2.24) is 0 Å². The van der Waals surface area contributed by atoms with Crippen LogP contribution in [-0.4, -0.2) is 20.6 Å². The van der Waals surface area contributed by atoms with Crippen LogP contribution in [0, 0.1) is 0 Å². The van der Waals surface area contributed by atoms with Gasteiger partial charge in [-0.25, -0.2) is 0 Å². The van der Waals surface area contributed by atoms with Gasteiger partial charge in [-0.1, -0.05) is 36.6 Å². The first-order valence-corrected chi connectivity index (χ1v) is 6.95. The molecule has 0 atom stereocenters. The van der Waals surface area contributed by atoms with Crippen LogP contribution in [0.25, 0.3) is 12.2 Å². The Morgan fingerprint density at radius 3 is 2.00 bits per heavy atom. The van der Waals surface area contributed by atoms with Crippen molar-refractivity contribution in [2.45, 2.75) is 6.61 Å². The Kier molecular flexibility index (Phi) is 13.7. The molecular weight excluding hydrogens is 298 g/mol. The van der Waals surface area contributed by atoms with E-state index < -0.39 is 0 Å². The van der Waals surface area contributed by atoms with E-state index >= 15 is 0 Å². The Morgan fingerprint density at radius 2 is 1.70 bits per heavy atom. The molecule has 2 aromatic heterocycles. The van der Waals surface area contributed by atoms with Crippen molar-refractivity contribution in [3.05, 3.63) is 52.1 Å². The number of hydrogen-bond acceptors (Lipinski definition) is 4. The monoisotopic (exact) mass is 315 g/mol. The Hall–Kier alpha value is -0.295. The van der Waals surface area contributed by atoms with E-state index in [0.717, 1.165) is 19.7 Å². The molecule has 0 unspecified atom stereocenters. The molecule has 3 radical (unpaired) electrons. The molecule has 0 aliphatic rings. The average Bonchev–Trinajstić information content (AvgIpc) is 3.07. The SMILES string of the molecule is C=Cc1ccc(CO)s1.C=Cc1ccc(OC)s1.[B].[H-].[Na+]. The van der Waals surface area contributed by atoms with Crippen LogP contribution >= 0.6 is 22.7 Å². The molecule has 0 aliphatic carbocycles. The normalized spacial score (nSPS) is 8.30. The van der Waals surface area contributed by atoms with E-state index in [4.69, 9.17) is 9.84 Å². The van der Waals surface area contributed by atoms with Crippen LogP contribution in [0.3, 0.4) is 0 Å². The van der Waals surface area contributed by atoms with E-state index in [2.05, 4.69) is 13.2 Å². The van der Waals surface area contributed by atoms with Gasteiger partial charge >= 0.3 is 29.6 Å². The van der Waals surface area contributed by atoms with Gasteiger partial charge in [0, 0.05) is 23.0 Å². The zero-order chi connectivity index (χ0) is 13.4. The Morgan fingerprint density at radius 1 is 1.15 bits per heavy atom. The summed E-state index contributed by atoms with van der Waals surface area (Å²) in [4.78, 5) is 3.25. The molecule has 6 heteroatoms. The fraction of sp³-hybridized carbons (Fsp3) is 0.143. The van der Waals surface area contributed by atoms with Gasteiger partial charge in [0.2, 0.25) is 0 Å². The maximum absolute atomic E-state index is 8.62. The van der Waals surface area contributed by atoms with Crippen LogP contribution in [-0.2, 0) is 6.61 Å². The van der Waals surface area contributed by atoms with E-state index in [1.807, 2.05) is 30.3 Å². The standard InChI is InChI=1S/2C7H8OS.B.Na.H/c1-3-6-4-5-7(8-2)9-6;1-2-6-3-4-7(5-8)9-6;;;/h3-5H,1H2,2H3;2-4,8H,1,5H2;;;/q;;;+1;-1. The van der Waals surface area contributed by atoms with Gasteiger partial charge in [-0.2, -0.15) is 0 Å². The third-order valence-electron chi connectivity index (χ3n) is 2.04. The minimum absolute atomic E-state index is 0. The largest absolute Gasteiger partial charge is 1.00 e. The van der Waals surface area contributed by atoms with Crippen molar-refractivity contribution in [2.24, 2.45) is 0 Å². The summed E-state index contributed by atoms with van der Waals surface area (Å²) < 4.78 is 4.97. The molecule has 101 valence electrons. The molecule has 2 aromatic rings. The molecule has 0 aliphatic heterocycles. The molecule has 0 aromatic carbocycles. The molecule has 2 heterocycles. The third-order valence-corrected chi connectivity index (χ3v) is 4.15. The summed E-state index contributed by atoms with van der Waals surface area (Å²) in [5.41, 5.74) is 0. The van der Waals surface area contributed by atoms with Crippen LogP contribution in [0.1, 0.15) is 16.1 Å². The van der Waals surface area contributed by atoms with Gasteiger partial charge in [-0.05, 0) is 24.3 Å². The number of hydrogen-bond donors (Lipinski definition) is 1. The zero-order valence-electron chi connectivity index (χ0n) is 12.8. The van der Waals surface area contributed by atoms with Gasteiger partial charge < -0.3 is 11.3 Å². The fourth-order valence-electron chi connectivity index (χ4n) is 1.14. The first-order valence-electron chi connectivity index (χ1n) is 5.31. The summed E-state index contributed by atoms with van der Waals surface area (Å²) in [6, 6.07) is 7.77. The predicted molar refractivity (Wildman–Crippen MR) is 88.2 cm³/mol. The maximum atomic E-state index is 8.62. The second-order valence-corrected chi connectivity index (χ2v) is 5.51. The first-order chi connectivity index (χ1) is 8.73. The van der Waals surface area contributed by atoms with Crippen molar-refractivity contribution in [3.63, 3.8) is 0 Å². The molecule has 0 fully saturated rings. The van der Waals surface area contributed by atoms with E-state index in [-0.39, 0.29) is 46.0 Å². The van der Waals surface area contributed by atoms with Crippen LogP contribution in [0.15, 0.2) is 37.4 Å². The number of ether oxygens (including phenoxy) is 1. The molecule has 0 amide bonds. The summed E-state index contributed by atoms with van der Waals surface area (Å²) in [6.45, 7) is 7.38. The molecular formula is C14H17BNaO2S2. The summed E-state index contributed by atoms with van der Waals surface area (Å²) >= 11 is 3.16. The van der Waals surface area contributed by atoms with Gasteiger partial charge in [-0.15, -0.1) is 11.3 Å². The molecule has 0 saturated carbocycles. The van der Waals surface area contributed by atoms with Gasteiger partial charge in [0.05, 0.1) is 13.7 Å².